The number of carbonyl (C=O) groups excluding carboxylic acids is 1. The van der Waals surface area contributed by atoms with Crippen LogP contribution in [-0.4, -0.2) is 27.8 Å². The number of ether oxygens (including phenoxy) is 1. The zero-order valence-electron chi connectivity index (χ0n) is 17.7. The molecular weight excluding hydrogens is 402 g/mol. The highest BCUT2D eigenvalue weighted by molar-refractivity contribution is 5.90. The van der Waals surface area contributed by atoms with Gasteiger partial charge in [-0.2, -0.15) is 5.26 Å². The number of aromatic nitrogens is 2. The Hall–Kier alpha value is -3.84. The van der Waals surface area contributed by atoms with Crippen molar-refractivity contribution in [2.24, 2.45) is 5.92 Å². The van der Waals surface area contributed by atoms with Crippen molar-refractivity contribution >= 4 is 28.5 Å². The van der Waals surface area contributed by atoms with Crippen molar-refractivity contribution in [3.63, 3.8) is 0 Å². The molecule has 1 aromatic heterocycles. The second-order valence-electron chi connectivity index (χ2n) is 8.78. The zero-order valence-corrected chi connectivity index (χ0v) is 17.7. The maximum atomic E-state index is 12.7. The smallest absolute Gasteiger partial charge is 0.415 e. The van der Waals surface area contributed by atoms with Gasteiger partial charge in [0.25, 0.3) is 0 Å². The minimum absolute atomic E-state index is 0.298. The van der Waals surface area contributed by atoms with Crippen molar-refractivity contribution in [3.05, 3.63) is 65.8 Å². The Kier molecular flexibility index (Phi) is 5.03. The number of benzene rings is 2. The Morgan fingerprint density at radius 1 is 1.28 bits per heavy atom. The van der Waals surface area contributed by atoms with Crippen LogP contribution < -0.4 is 4.90 Å². The van der Waals surface area contributed by atoms with Crippen LogP contribution in [0.25, 0.3) is 15.9 Å². The lowest BCUT2D eigenvalue weighted by atomic mass is 9.78. The molecule has 5 rings (SSSR count). The molecule has 7 nitrogen and oxygen atoms in total. The van der Waals surface area contributed by atoms with Crippen LogP contribution in [-0.2, 0) is 17.7 Å². The van der Waals surface area contributed by atoms with Gasteiger partial charge in [-0.3, -0.25) is 4.90 Å². The maximum absolute atomic E-state index is 12.7. The first-order valence-corrected chi connectivity index (χ1v) is 10.9. The zero-order chi connectivity index (χ0) is 22.1. The van der Waals surface area contributed by atoms with Gasteiger partial charge in [0.05, 0.1) is 43.0 Å². The number of amides is 1. The summed E-state index contributed by atoms with van der Waals surface area (Å²) in [5.74, 6) is 0.364. The van der Waals surface area contributed by atoms with Crippen molar-refractivity contribution in [1.29, 1.82) is 5.26 Å². The number of hydrogen-bond acceptors (Lipinski definition) is 4. The van der Waals surface area contributed by atoms with E-state index in [2.05, 4.69) is 20.5 Å². The highest BCUT2D eigenvalue weighted by atomic mass is 16.6. The number of fused-ring (bicyclic) bond motifs is 1. The predicted octanol–water partition coefficient (Wildman–Crippen LogP) is 5.24. The molecular formula is C25H23N5O2. The SMILES string of the molecule is [C-]#[N+]c1ccc2ncn(C[C@H]3CCC[C@]4(C3)CN(c3ccc(CC#N)cc3)C(=O)O4)c2c1. The average Bonchev–Trinajstić information content (AvgIpc) is 3.34. The molecule has 0 bridgehead atoms. The fourth-order valence-corrected chi connectivity index (χ4v) is 5.08. The first kappa shape index (κ1) is 20.1. The fraction of sp³-hybridized carbons (Fsp3) is 0.360. The summed E-state index contributed by atoms with van der Waals surface area (Å²) in [4.78, 5) is 22.5. The molecule has 1 saturated heterocycles. The van der Waals surface area contributed by atoms with Crippen LogP contribution in [0.15, 0.2) is 48.8 Å². The third-order valence-corrected chi connectivity index (χ3v) is 6.60. The second kappa shape index (κ2) is 8.01. The first-order chi connectivity index (χ1) is 15.6. The molecule has 2 fully saturated rings. The van der Waals surface area contributed by atoms with Crippen LogP contribution in [0.5, 0.6) is 0 Å². The lowest BCUT2D eigenvalue weighted by molar-refractivity contribution is 0.00439. The van der Waals surface area contributed by atoms with Crippen LogP contribution in [0, 0.1) is 23.8 Å². The number of hydrogen-bond donors (Lipinski definition) is 0. The Labute approximate surface area is 186 Å². The first-order valence-electron chi connectivity index (χ1n) is 10.9. The molecule has 3 aromatic rings. The van der Waals surface area contributed by atoms with Crippen molar-refractivity contribution in [2.45, 2.75) is 44.2 Å². The molecule has 2 aromatic carbocycles. The number of imidazole rings is 1. The Morgan fingerprint density at radius 3 is 2.91 bits per heavy atom. The molecule has 0 radical (unpaired) electrons. The molecule has 1 aliphatic heterocycles. The van der Waals surface area contributed by atoms with Gasteiger partial charge in [-0.1, -0.05) is 18.2 Å². The summed E-state index contributed by atoms with van der Waals surface area (Å²) in [5.41, 5.74) is 3.75. The van der Waals surface area contributed by atoms with E-state index in [0.29, 0.717) is 24.6 Å². The van der Waals surface area contributed by atoms with E-state index in [1.165, 1.54) is 0 Å². The summed E-state index contributed by atoms with van der Waals surface area (Å²) in [6, 6.07) is 15.3. The molecule has 7 heteroatoms. The van der Waals surface area contributed by atoms with Crippen LogP contribution in [0.4, 0.5) is 16.2 Å². The fourth-order valence-electron chi connectivity index (χ4n) is 5.08. The topological polar surface area (TPSA) is 75.5 Å². The van der Waals surface area contributed by atoms with Gasteiger partial charge in [0.1, 0.15) is 5.60 Å². The van der Waals surface area contributed by atoms with Crippen LogP contribution >= 0.6 is 0 Å². The molecule has 0 N–H and O–H groups in total. The van der Waals surface area contributed by atoms with Gasteiger partial charge in [-0.05, 0) is 61.4 Å². The van der Waals surface area contributed by atoms with Gasteiger partial charge in [-0.25, -0.2) is 14.6 Å². The van der Waals surface area contributed by atoms with Crippen molar-refractivity contribution in [2.75, 3.05) is 11.4 Å². The highest BCUT2D eigenvalue weighted by Crippen LogP contribution is 2.42. The van der Waals surface area contributed by atoms with E-state index in [4.69, 9.17) is 16.6 Å². The van der Waals surface area contributed by atoms with E-state index in [0.717, 1.165) is 54.5 Å². The summed E-state index contributed by atoms with van der Waals surface area (Å²) in [6.07, 6.45) is 5.66. The van der Waals surface area contributed by atoms with Gasteiger partial charge in [0.15, 0.2) is 5.69 Å². The summed E-state index contributed by atoms with van der Waals surface area (Å²) in [7, 11) is 0. The lowest BCUT2D eigenvalue weighted by Crippen LogP contribution is -2.40. The van der Waals surface area contributed by atoms with Crippen LogP contribution in [0.3, 0.4) is 0 Å². The summed E-state index contributed by atoms with van der Waals surface area (Å²) in [5, 5.41) is 8.86. The minimum Gasteiger partial charge on any atom is -0.441 e. The Bertz CT molecular complexity index is 1250. The largest absolute Gasteiger partial charge is 0.441 e. The van der Waals surface area contributed by atoms with Crippen molar-refractivity contribution in [1.82, 2.24) is 9.55 Å². The maximum Gasteiger partial charge on any atom is 0.415 e. The van der Waals surface area contributed by atoms with E-state index in [-0.39, 0.29) is 6.09 Å². The molecule has 32 heavy (non-hydrogen) atoms. The monoisotopic (exact) mass is 425 g/mol. The summed E-state index contributed by atoms with van der Waals surface area (Å²) >= 11 is 0. The third-order valence-electron chi connectivity index (χ3n) is 6.60. The molecule has 1 amide bonds. The Balaban J connectivity index is 1.32. The predicted molar refractivity (Wildman–Crippen MR) is 120 cm³/mol. The van der Waals surface area contributed by atoms with Gasteiger partial charge in [0.2, 0.25) is 0 Å². The molecule has 2 atom stereocenters. The number of nitrogens with zero attached hydrogens (tertiary/aromatic N) is 5. The van der Waals surface area contributed by atoms with Gasteiger partial charge in [0, 0.05) is 12.2 Å². The number of nitriles is 1. The lowest BCUT2D eigenvalue weighted by Gasteiger charge is -2.36. The third kappa shape index (κ3) is 3.67. The summed E-state index contributed by atoms with van der Waals surface area (Å²) < 4.78 is 8.10. The Morgan fingerprint density at radius 2 is 2.12 bits per heavy atom. The normalized spacial score (nSPS) is 22.6. The van der Waals surface area contributed by atoms with Crippen LogP contribution in [0.1, 0.15) is 31.2 Å². The average molecular weight is 425 g/mol. The van der Waals surface area contributed by atoms with Gasteiger partial charge >= 0.3 is 6.09 Å². The molecule has 160 valence electrons. The van der Waals surface area contributed by atoms with Crippen LogP contribution in [0.2, 0.25) is 0 Å². The van der Waals surface area contributed by atoms with Gasteiger partial charge < -0.3 is 9.30 Å². The molecule has 0 unspecified atom stereocenters. The standard InChI is InChI=1S/C25H23N5O2/c1-27-20-6-9-22-23(13-20)29(17-28-22)15-19-3-2-11-25(14-19)16-30(24(31)32-25)21-7-4-18(5-8-21)10-12-26/h4-9,13,17,19H,2-3,10-11,14-16H2/t19-,25-/m0/s1. The van der Waals surface area contributed by atoms with E-state index in [9.17, 15) is 4.79 Å². The van der Waals surface area contributed by atoms with Crippen molar-refractivity contribution in [3.8, 4) is 6.07 Å². The van der Waals surface area contributed by atoms with E-state index < -0.39 is 5.60 Å². The minimum atomic E-state index is -0.469. The molecule has 1 spiro atoms. The van der Waals surface area contributed by atoms with E-state index in [1.807, 2.05) is 42.7 Å². The quantitative estimate of drug-likeness (QED) is 0.536. The van der Waals surface area contributed by atoms with Crippen molar-refractivity contribution < 1.29 is 9.53 Å². The van der Waals surface area contributed by atoms with E-state index in [1.54, 1.807) is 11.0 Å². The number of rotatable bonds is 4. The van der Waals surface area contributed by atoms with E-state index >= 15 is 0 Å². The molecule has 1 aliphatic carbocycles. The molecule has 1 saturated carbocycles. The number of anilines is 1. The molecule has 2 heterocycles. The highest BCUT2D eigenvalue weighted by Gasteiger charge is 2.48. The van der Waals surface area contributed by atoms with Gasteiger partial charge in [-0.15, -0.1) is 0 Å². The number of carbonyl (C=O) groups is 1. The summed E-state index contributed by atoms with van der Waals surface area (Å²) in [6.45, 7) is 8.61. The molecule has 2 aliphatic rings. The second-order valence-corrected chi connectivity index (χ2v) is 8.78.